The van der Waals surface area contributed by atoms with Gasteiger partial charge in [-0.05, 0) is 45.2 Å². The summed E-state index contributed by atoms with van der Waals surface area (Å²) in [4.78, 5) is 0. The standard InChI is InChI=1S/C13H16ClN3.ClH/c1-9-13(8-15-3)10(2)17(16-9)12-6-4-11(14)5-7-12;/h4-7,15H,8H2,1-3H3;1H. The lowest BCUT2D eigenvalue weighted by Crippen LogP contribution is -2.07. The minimum Gasteiger partial charge on any atom is -0.316 e. The van der Waals surface area contributed by atoms with Gasteiger partial charge in [-0.15, -0.1) is 12.4 Å². The normalized spacial score (nSPS) is 10.2. The average molecular weight is 286 g/mol. The average Bonchev–Trinajstić information content (AvgIpc) is 2.59. The van der Waals surface area contributed by atoms with Gasteiger partial charge in [-0.1, -0.05) is 11.6 Å². The molecule has 1 aromatic carbocycles. The van der Waals surface area contributed by atoms with Gasteiger partial charge in [0.1, 0.15) is 0 Å². The van der Waals surface area contributed by atoms with Crippen LogP contribution in [0.2, 0.25) is 5.02 Å². The monoisotopic (exact) mass is 285 g/mol. The van der Waals surface area contributed by atoms with Crippen molar-refractivity contribution in [1.29, 1.82) is 0 Å². The third kappa shape index (κ3) is 2.86. The fraction of sp³-hybridized carbons (Fsp3) is 0.308. The summed E-state index contributed by atoms with van der Waals surface area (Å²) in [6.45, 7) is 4.96. The molecule has 0 bridgehead atoms. The fourth-order valence-electron chi connectivity index (χ4n) is 1.94. The summed E-state index contributed by atoms with van der Waals surface area (Å²) in [5.74, 6) is 0. The van der Waals surface area contributed by atoms with Gasteiger partial charge in [0.15, 0.2) is 0 Å². The molecule has 0 spiro atoms. The highest BCUT2D eigenvalue weighted by molar-refractivity contribution is 6.30. The molecule has 1 heterocycles. The minimum atomic E-state index is 0. The quantitative estimate of drug-likeness (QED) is 0.938. The summed E-state index contributed by atoms with van der Waals surface area (Å²) in [7, 11) is 1.94. The molecule has 0 saturated carbocycles. The van der Waals surface area contributed by atoms with Crippen LogP contribution in [0.4, 0.5) is 0 Å². The van der Waals surface area contributed by atoms with Crippen LogP contribution < -0.4 is 5.32 Å². The Morgan fingerprint density at radius 3 is 2.39 bits per heavy atom. The van der Waals surface area contributed by atoms with Crippen LogP contribution in [0.1, 0.15) is 17.0 Å². The van der Waals surface area contributed by atoms with Crippen molar-refractivity contribution >= 4 is 24.0 Å². The van der Waals surface area contributed by atoms with Crippen LogP contribution in [0.3, 0.4) is 0 Å². The second-order valence-electron chi connectivity index (χ2n) is 4.07. The molecule has 0 fully saturated rings. The number of nitrogens with one attached hydrogen (secondary N) is 1. The highest BCUT2D eigenvalue weighted by atomic mass is 35.5. The van der Waals surface area contributed by atoms with E-state index >= 15 is 0 Å². The van der Waals surface area contributed by atoms with Gasteiger partial charge in [0.25, 0.3) is 0 Å². The molecule has 0 radical (unpaired) electrons. The maximum absolute atomic E-state index is 5.89. The Balaban J connectivity index is 0.00000162. The number of benzene rings is 1. The van der Waals surface area contributed by atoms with Crippen molar-refractivity contribution in [3.8, 4) is 5.69 Å². The smallest absolute Gasteiger partial charge is 0.0649 e. The number of halogens is 2. The zero-order valence-electron chi connectivity index (χ0n) is 10.7. The van der Waals surface area contributed by atoms with Crippen LogP contribution >= 0.6 is 24.0 Å². The number of aryl methyl sites for hydroxylation is 1. The number of hydrogen-bond donors (Lipinski definition) is 1. The van der Waals surface area contributed by atoms with Crippen molar-refractivity contribution in [1.82, 2.24) is 15.1 Å². The van der Waals surface area contributed by atoms with Crippen LogP contribution in [-0.2, 0) is 6.54 Å². The van der Waals surface area contributed by atoms with E-state index < -0.39 is 0 Å². The van der Waals surface area contributed by atoms with Crippen LogP contribution in [-0.4, -0.2) is 16.8 Å². The van der Waals surface area contributed by atoms with Crippen molar-refractivity contribution in [3.63, 3.8) is 0 Å². The van der Waals surface area contributed by atoms with Gasteiger partial charge < -0.3 is 5.32 Å². The zero-order chi connectivity index (χ0) is 12.4. The highest BCUT2D eigenvalue weighted by Crippen LogP contribution is 2.19. The van der Waals surface area contributed by atoms with E-state index in [9.17, 15) is 0 Å². The summed E-state index contributed by atoms with van der Waals surface area (Å²) in [6, 6.07) is 7.71. The highest BCUT2D eigenvalue weighted by Gasteiger charge is 2.11. The molecule has 3 nitrogen and oxygen atoms in total. The van der Waals surface area contributed by atoms with E-state index in [0.717, 1.165) is 22.9 Å². The molecule has 5 heteroatoms. The summed E-state index contributed by atoms with van der Waals surface area (Å²) in [5, 5.41) is 8.47. The lowest BCUT2D eigenvalue weighted by molar-refractivity contribution is 0.801. The van der Waals surface area contributed by atoms with Gasteiger partial charge in [0.2, 0.25) is 0 Å². The Kier molecular flexibility index (Phi) is 5.20. The number of nitrogens with zero attached hydrogens (tertiary/aromatic N) is 2. The second-order valence-corrected chi connectivity index (χ2v) is 4.50. The number of hydrogen-bond acceptors (Lipinski definition) is 2. The largest absolute Gasteiger partial charge is 0.316 e. The number of rotatable bonds is 3. The van der Waals surface area contributed by atoms with E-state index in [-0.39, 0.29) is 12.4 Å². The molecule has 0 atom stereocenters. The molecule has 0 aliphatic carbocycles. The van der Waals surface area contributed by atoms with E-state index in [1.807, 2.05) is 42.9 Å². The molecular weight excluding hydrogens is 269 g/mol. The lowest BCUT2D eigenvalue weighted by Gasteiger charge is -2.05. The van der Waals surface area contributed by atoms with Gasteiger partial charge in [-0.2, -0.15) is 5.10 Å². The number of aromatic nitrogens is 2. The topological polar surface area (TPSA) is 29.9 Å². The van der Waals surface area contributed by atoms with Crippen LogP contribution in [0.5, 0.6) is 0 Å². The van der Waals surface area contributed by atoms with Gasteiger partial charge in [-0.25, -0.2) is 4.68 Å². The Bertz CT molecular complexity index is 518. The molecule has 0 saturated heterocycles. The zero-order valence-corrected chi connectivity index (χ0v) is 12.3. The first-order valence-corrected chi connectivity index (χ1v) is 5.97. The second kappa shape index (κ2) is 6.23. The van der Waals surface area contributed by atoms with Gasteiger partial charge in [-0.3, -0.25) is 0 Å². The molecule has 0 unspecified atom stereocenters. The van der Waals surface area contributed by atoms with Gasteiger partial charge in [0, 0.05) is 22.8 Å². The first-order chi connectivity index (χ1) is 8.13. The van der Waals surface area contributed by atoms with Crippen LogP contribution in [0.25, 0.3) is 5.69 Å². The molecule has 1 aromatic heterocycles. The SMILES string of the molecule is CNCc1c(C)nn(-c2ccc(Cl)cc2)c1C.Cl. The first kappa shape index (κ1) is 15.0. The van der Waals surface area contributed by atoms with Crippen LogP contribution in [0.15, 0.2) is 24.3 Å². The first-order valence-electron chi connectivity index (χ1n) is 5.59. The summed E-state index contributed by atoms with van der Waals surface area (Å²) < 4.78 is 1.96. The Hall–Kier alpha value is -1.03. The molecule has 18 heavy (non-hydrogen) atoms. The fourth-order valence-corrected chi connectivity index (χ4v) is 2.07. The molecule has 2 aromatic rings. The molecular formula is C13H17Cl2N3. The van der Waals surface area contributed by atoms with Crippen molar-refractivity contribution in [2.45, 2.75) is 20.4 Å². The maximum Gasteiger partial charge on any atom is 0.0649 e. The molecule has 98 valence electrons. The summed E-state index contributed by atoms with van der Waals surface area (Å²) in [6.07, 6.45) is 0. The van der Waals surface area contributed by atoms with Gasteiger partial charge in [0.05, 0.1) is 11.4 Å². The van der Waals surface area contributed by atoms with Crippen molar-refractivity contribution in [2.75, 3.05) is 7.05 Å². The summed E-state index contributed by atoms with van der Waals surface area (Å²) in [5.41, 5.74) is 4.52. The van der Waals surface area contributed by atoms with Gasteiger partial charge >= 0.3 is 0 Å². The Morgan fingerprint density at radius 2 is 1.83 bits per heavy atom. The molecule has 0 amide bonds. The minimum absolute atomic E-state index is 0. The third-order valence-electron chi connectivity index (χ3n) is 2.87. The van der Waals surface area contributed by atoms with E-state index in [4.69, 9.17) is 11.6 Å². The molecule has 0 aliphatic heterocycles. The predicted molar refractivity (Wildman–Crippen MR) is 78.1 cm³/mol. The van der Waals surface area contributed by atoms with Crippen molar-refractivity contribution < 1.29 is 0 Å². The Morgan fingerprint density at radius 1 is 1.22 bits per heavy atom. The molecule has 2 rings (SSSR count). The molecule has 0 aliphatic rings. The van der Waals surface area contributed by atoms with Crippen LogP contribution in [0, 0.1) is 13.8 Å². The van der Waals surface area contributed by atoms with E-state index in [0.29, 0.717) is 0 Å². The van der Waals surface area contributed by atoms with E-state index in [1.165, 1.54) is 11.3 Å². The van der Waals surface area contributed by atoms with Crippen molar-refractivity contribution in [3.05, 3.63) is 46.2 Å². The van der Waals surface area contributed by atoms with Crippen molar-refractivity contribution in [2.24, 2.45) is 0 Å². The summed E-state index contributed by atoms with van der Waals surface area (Å²) >= 11 is 5.89. The van der Waals surface area contributed by atoms with E-state index in [1.54, 1.807) is 0 Å². The van der Waals surface area contributed by atoms with E-state index in [2.05, 4.69) is 17.3 Å². The maximum atomic E-state index is 5.89. The molecule has 1 N–H and O–H groups in total. The predicted octanol–water partition coefficient (Wildman–Crippen LogP) is 3.28. The lowest BCUT2D eigenvalue weighted by atomic mass is 10.2. The third-order valence-corrected chi connectivity index (χ3v) is 3.12. The Labute approximate surface area is 119 Å².